The highest BCUT2D eigenvalue weighted by Crippen LogP contribution is 2.36. The molecule has 0 saturated carbocycles. The zero-order chi connectivity index (χ0) is 14.1. The summed E-state index contributed by atoms with van der Waals surface area (Å²) >= 11 is 0. The minimum Gasteiger partial charge on any atom is -0.0654 e. The zero-order valence-electron chi connectivity index (χ0n) is 13.4. The fourth-order valence-corrected chi connectivity index (χ4v) is 3.35. The van der Waals surface area contributed by atoms with Crippen molar-refractivity contribution in [2.75, 3.05) is 0 Å². The second-order valence-electron chi connectivity index (χ2n) is 6.20. The van der Waals surface area contributed by atoms with E-state index < -0.39 is 0 Å². The Morgan fingerprint density at radius 2 is 1.58 bits per heavy atom. The Bertz CT molecular complexity index is 312. The van der Waals surface area contributed by atoms with Gasteiger partial charge >= 0.3 is 0 Å². The highest BCUT2D eigenvalue weighted by molar-refractivity contribution is 5.20. The van der Waals surface area contributed by atoms with E-state index >= 15 is 0 Å². The van der Waals surface area contributed by atoms with Gasteiger partial charge in [0.25, 0.3) is 0 Å². The smallest absolute Gasteiger partial charge is 0.0111 e. The van der Waals surface area contributed by atoms with E-state index in [1.165, 1.54) is 38.5 Å². The standard InChI is InChI=1S/C19H32/c1-5-7-8-10-13-17(6-2)19(16(3)4)18-14-11-9-12-15-18/h9,11-12,14-17,19H,5-8,10,13H2,1-4H3. The molecule has 0 fully saturated rings. The van der Waals surface area contributed by atoms with Crippen LogP contribution in [0.1, 0.15) is 77.7 Å². The average Bonchev–Trinajstić information content (AvgIpc) is 2.42. The summed E-state index contributed by atoms with van der Waals surface area (Å²) in [4.78, 5) is 0. The molecule has 0 aliphatic rings. The van der Waals surface area contributed by atoms with Gasteiger partial charge in [0.2, 0.25) is 0 Å². The molecule has 1 aromatic carbocycles. The third kappa shape index (κ3) is 5.38. The lowest BCUT2D eigenvalue weighted by Crippen LogP contribution is -2.18. The molecule has 2 atom stereocenters. The molecular formula is C19H32. The summed E-state index contributed by atoms with van der Waals surface area (Å²) in [7, 11) is 0. The van der Waals surface area contributed by atoms with Crippen LogP contribution in [0.4, 0.5) is 0 Å². The third-order valence-electron chi connectivity index (χ3n) is 4.36. The first kappa shape index (κ1) is 16.3. The van der Waals surface area contributed by atoms with E-state index in [9.17, 15) is 0 Å². The maximum atomic E-state index is 2.38. The van der Waals surface area contributed by atoms with E-state index in [4.69, 9.17) is 0 Å². The summed E-state index contributed by atoms with van der Waals surface area (Å²) in [6.45, 7) is 9.42. The van der Waals surface area contributed by atoms with Gasteiger partial charge in [-0.25, -0.2) is 0 Å². The molecule has 1 aromatic rings. The maximum absolute atomic E-state index is 2.38. The van der Waals surface area contributed by atoms with Crippen molar-refractivity contribution < 1.29 is 0 Å². The molecule has 0 heterocycles. The molecule has 19 heavy (non-hydrogen) atoms. The Labute approximate surface area is 120 Å². The molecular weight excluding hydrogens is 228 g/mol. The minimum atomic E-state index is 0.729. The van der Waals surface area contributed by atoms with E-state index in [1.807, 2.05) is 0 Å². The molecule has 0 N–H and O–H groups in total. The Morgan fingerprint density at radius 1 is 0.895 bits per heavy atom. The number of hydrogen-bond donors (Lipinski definition) is 0. The minimum absolute atomic E-state index is 0.729. The van der Waals surface area contributed by atoms with Crippen molar-refractivity contribution in [2.24, 2.45) is 11.8 Å². The molecule has 0 aliphatic carbocycles. The summed E-state index contributed by atoms with van der Waals surface area (Å²) in [5, 5.41) is 0. The van der Waals surface area contributed by atoms with Crippen LogP contribution in [0.15, 0.2) is 30.3 Å². The third-order valence-corrected chi connectivity index (χ3v) is 4.36. The van der Waals surface area contributed by atoms with Gasteiger partial charge in [0.05, 0.1) is 0 Å². The second-order valence-corrected chi connectivity index (χ2v) is 6.20. The summed E-state index contributed by atoms with van der Waals surface area (Å²) < 4.78 is 0. The Kier molecular flexibility index (Phi) is 7.86. The van der Waals surface area contributed by atoms with E-state index in [0.717, 1.165) is 17.8 Å². The van der Waals surface area contributed by atoms with Gasteiger partial charge in [0.15, 0.2) is 0 Å². The van der Waals surface area contributed by atoms with Crippen LogP contribution in [-0.2, 0) is 0 Å². The van der Waals surface area contributed by atoms with Gasteiger partial charge in [-0.15, -0.1) is 0 Å². The van der Waals surface area contributed by atoms with Crippen LogP contribution in [0.2, 0.25) is 0 Å². The molecule has 0 radical (unpaired) electrons. The normalized spacial score (nSPS) is 14.6. The van der Waals surface area contributed by atoms with Crippen molar-refractivity contribution in [2.45, 2.75) is 72.1 Å². The average molecular weight is 260 g/mol. The molecule has 0 spiro atoms. The summed E-state index contributed by atoms with van der Waals surface area (Å²) in [6.07, 6.45) is 8.25. The topological polar surface area (TPSA) is 0 Å². The number of hydrogen-bond acceptors (Lipinski definition) is 0. The summed E-state index contributed by atoms with van der Waals surface area (Å²) in [6, 6.07) is 11.1. The van der Waals surface area contributed by atoms with Crippen LogP contribution < -0.4 is 0 Å². The van der Waals surface area contributed by atoms with Crippen LogP contribution in [0.3, 0.4) is 0 Å². The zero-order valence-corrected chi connectivity index (χ0v) is 13.4. The van der Waals surface area contributed by atoms with E-state index in [-0.39, 0.29) is 0 Å². The Balaban J connectivity index is 2.67. The predicted octanol–water partition coefficient (Wildman–Crippen LogP) is 6.42. The highest BCUT2D eigenvalue weighted by atomic mass is 14.3. The van der Waals surface area contributed by atoms with Gasteiger partial charge in [-0.3, -0.25) is 0 Å². The van der Waals surface area contributed by atoms with Gasteiger partial charge < -0.3 is 0 Å². The van der Waals surface area contributed by atoms with Crippen LogP contribution in [-0.4, -0.2) is 0 Å². The van der Waals surface area contributed by atoms with E-state index in [2.05, 4.69) is 58.0 Å². The first-order valence-electron chi connectivity index (χ1n) is 8.25. The summed E-state index contributed by atoms with van der Waals surface area (Å²) in [5.74, 6) is 2.31. The van der Waals surface area contributed by atoms with E-state index in [0.29, 0.717) is 0 Å². The van der Waals surface area contributed by atoms with Gasteiger partial charge in [-0.2, -0.15) is 0 Å². The molecule has 1 rings (SSSR count). The monoisotopic (exact) mass is 260 g/mol. The predicted molar refractivity (Wildman–Crippen MR) is 86.6 cm³/mol. The maximum Gasteiger partial charge on any atom is -0.0111 e. The van der Waals surface area contributed by atoms with Crippen LogP contribution in [0, 0.1) is 11.8 Å². The molecule has 2 unspecified atom stereocenters. The Hall–Kier alpha value is -0.780. The van der Waals surface area contributed by atoms with Crippen molar-refractivity contribution in [3.63, 3.8) is 0 Å². The van der Waals surface area contributed by atoms with Crippen molar-refractivity contribution >= 4 is 0 Å². The van der Waals surface area contributed by atoms with Crippen LogP contribution >= 0.6 is 0 Å². The first-order chi connectivity index (χ1) is 9.20. The van der Waals surface area contributed by atoms with Gasteiger partial charge in [0, 0.05) is 0 Å². The molecule has 0 amide bonds. The molecule has 0 nitrogen and oxygen atoms in total. The lowest BCUT2D eigenvalue weighted by atomic mass is 9.75. The first-order valence-corrected chi connectivity index (χ1v) is 8.25. The fraction of sp³-hybridized carbons (Fsp3) is 0.684. The van der Waals surface area contributed by atoms with Crippen molar-refractivity contribution in [3.8, 4) is 0 Å². The summed E-state index contributed by atoms with van der Waals surface area (Å²) in [5.41, 5.74) is 1.54. The number of rotatable bonds is 9. The van der Waals surface area contributed by atoms with Gasteiger partial charge in [0.1, 0.15) is 0 Å². The SMILES string of the molecule is CCCCCCC(CC)C(c1ccccc1)C(C)C. The van der Waals surface area contributed by atoms with Gasteiger partial charge in [-0.05, 0) is 29.7 Å². The lowest BCUT2D eigenvalue weighted by molar-refractivity contribution is 0.305. The quantitative estimate of drug-likeness (QED) is 0.449. The van der Waals surface area contributed by atoms with Crippen LogP contribution in [0.25, 0.3) is 0 Å². The van der Waals surface area contributed by atoms with Gasteiger partial charge in [-0.1, -0.05) is 90.1 Å². The molecule has 0 aromatic heterocycles. The molecule has 0 aliphatic heterocycles. The largest absolute Gasteiger partial charge is 0.0654 e. The molecule has 108 valence electrons. The molecule has 0 bridgehead atoms. The lowest BCUT2D eigenvalue weighted by Gasteiger charge is -2.30. The second kappa shape index (κ2) is 9.18. The Morgan fingerprint density at radius 3 is 2.11 bits per heavy atom. The van der Waals surface area contributed by atoms with Crippen molar-refractivity contribution in [1.29, 1.82) is 0 Å². The van der Waals surface area contributed by atoms with Crippen molar-refractivity contribution in [1.82, 2.24) is 0 Å². The molecule has 0 heteroatoms. The van der Waals surface area contributed by atoms with Crippen molar-refractivity contribution in [3.05, 3.63) is 35.9 Å². The highest BCUT2D eigenvalue weighted by Gasteiger charge is 2.24. The number of benzene rings is 1. The van der Waals surface area contributed by atoms with E-state index in [1.54, 1.807) is 5.56 Å². The van der Waals surface area contributed by atoms with Crippen LogP contribution in [0.5, 0.6) is 0 Å². The fourth-order valence-electron chi connectivity index (χ4n) is 3.35. The molecule has 0 saturated heterocycles. The number of unbranched alkanes of at least 4 members (excludes halogenated alkanes) is 3.